The first-order chi connectivity index (χ1) is 9.38. The zero-order valence-electron chi connectivity index (χ0n) is 10.8. The van der Waals surface area contributed by atoms with Crippen molar-refractivity contribution in [1.82, 2.24) is 4.98 Å². The highest BCUT2D eigenvalue weighted by molar-refractivity contribution is 5.97. The molecule has 20 heavy (non-hydrogen) atoms. The number of amides is 1. The molecule has 7 heteroatoms. The van der Waals surface area contributed by atoms with Crippen molar-refractivity contribution >= 4 is 11.7 Å². The number of hydrogen-bond acceptors (Lipinski definition) is 3. The van der Waals surface area contributed by atoms with Crippen LogP contribution >= 0.6 is 0 Å². The molecule has 1 fully saturated rings. The van der Waals surface area contributed by atoms with Gasteiger partial charge in [0.1, 0.15) is 11.5 Å². The lowest BCUT2D eigenvalue weighted by atomic mass is 9.83. The molecule has 1 aliphatic carbocycles. The molecular weight excluding hydrogens is 271 g/mol. The Bertz CT molecular complexity index is 498. The zero-order valence-corrected chi connectivity index (χ0v) is 10.8. The van der Waals surface area contributed by atoms with Crippen LogP contribution in [0.1, 0.15) is 41.7 Å². The second-order valence-corrected chi connectivity index (χ2v) is 4.97. The highest BCUT2D eigenvalue weighted by Crippen LogP contribution is 2.31. The van der Waals surface area contributed by atoms with Gasteiger partial charge in [0.15, 0.2) is 0 Å². The number of halogens is 3. The van der Waals surface area contributed by atoms with Crippen LogP contribution in [0.3, 0.4) is 0 Å². The lowest BCUT2D eigenvalue weighted by Crippen LogP contribution is -2.20. The summed E-state index contributed by atoms with van der Waals surface area (Å²) in [5, 5.41) is 2.79. The minimum absolute atomic E-state index is 0.0217. The van der Waals surface area contributed by atoms with Crippen LogP contribution in [0, 0.1) is 5.92 Å². The number of aromatic nitrogens is 1. The van der Waals surface area contributed by atoms with E-state index in [-0.39, 0.29) is 11.4 Å². The molecule has 0 atom stereocenters. The van der Waals surface area contributed by atoms with Crippen molar-refractivity contribution in [2.24, 2.45) is 11.7 Å². The molecule has 1 aromatic heterocycles. The highest BCUT2D eigenvalue weighted by Gasteiger charge is 2.33. The average molecular weight is 287 g/mol. The van der Waals surface area contributed by atoms with Crippen molar-refractivity contribution in [2.45, 2.75) is 31.9 Å². The van der Waals surface area contributed by atoms with Crippen molar-refractivity contribution in [3.8, 4) is 0 Å². The zero-order chi connectivity index (χ0) is 14.8. The summed E-state index contributed by atoms with van der Waals surface area (Å²) in [6, 6.07) is 1.82. The Morgan fingerprint density at radius 1 is 1.40 bits per heavy atom. The molecule has 4 nitrogen and oxygen atoms in total. The van der Waals surface area contributed by atoms with E-state index in [1.54, 1.807) is 0 Å². The third kappa shape index (κ3) is 3.40. The lowest BCUT2D eigenvalue weighted by Gasteiger charge is -2.25. The van der Waals surface area contributed by atoms with E-state index < -0.39 is 17.8 Å². The standard InChI is InChI=1S/C13H16F3N3O/c14-13(15,16)10-5-4-9(11(17)20)12(19-10)18-7-6-8-2-1-3-8/h4-5,8H,1-3,6-7H2,(H2,17,20)(H,18,19). The van der Waals surface area contributed by atoms with E-state index in [0.717, 1.165) is 31.4 Å². The van der Waals surface area contributed by atoms with Gasteiger partial charge in [-0.25, -0.2) is 4.98 Å². The topological polar surface area (TPSA) is 68.0 Å². The Hall–Kier alpha value is -1.79. The summed E-state index contributed by atoms with van der Waals surface area (Å²) in [7, 11) is 0. The number of nitrogens with zero attached hydrogens (tertiary/aromatic N) is 1. The first-order valence-corrected chi connectivity index (χ1v) is 6.50. The molecule has 1 heterocycles. The van der Waals surface area contributed by atoms with Gasteiger partial charge in [-0.1, -0.05) is 19.3 Å². The van der Waals surface area contributed by atoms with Crippen molar-refractivity contribution in [1.29, 1.82) is 0 Å². The van der Waals surface area contributed by atoms with E-state index in [2.05, 4.69) is 10.3 Å². The van der Waals surface area contributed by atoms with Gasteiger partial charge >= 0.3 is 6.18 Å². The molecule has 0 aliphatic heterocycles. The van der Waals surface area contributed by atoms with Crippen LogP contribution in [0.4, 0.5) is 19.0 Å². The predicted octanol–water partition coefficient (Wildman–Crippen LogP) is 2.80. The summed E-state index contributed by atoms with van der Waals surface area (Å²) in [6.45, 7) is 0.485. The Balaban J connectivity index is 2.11. The maximum absolute atomic E-state index is 12.6. The molecule has 0 aromatic carbocycles. The summed E-state index contributed by atoms with van der Waals surface area (Å²) in [5.41, 5.74) is 4.09. The van der Waals surface area contributed by atoms with Gasteiger partial charge in [0.2, 0.25) is 0 Å². The lowest BCUT2D eigenvalue weighted by molar-refractivity contribution is -0.141. The molecule has 0 unspecified atom stereocenters. The first kappa shape index (κ1) is 14.6. The normalized spacial score (nSPS) is 15.8. The van der Waals surface area contributed by atoms with E-state index >= 15 is 0 Å². The maximum Gasteiger partial charge on any atom is 0.433 e. The Morgan fingerprint density at radius 2 is 2.10 bits per heavy atom. The summed E-state index contributed by atoms with van der Waals surface area (Å²) in [6.07, 6.45) is -0.170. The van der Waals surface area contributed by atoms with Gasteiger partial charge in [0.25, 0.3) is 5.91 Å². The van der Waals surface area contributed by atoms with Crippen molar-refractivity contribution < 1.29 is 18.0 Å². The molecule has 0 radical (unpaired) electrons. The number of primary amides is 1. The molecular formula is C13H16F3N3O. The summed E-state index contributed by atoms with van der Waals surface area (Å²) in [5.74, 6) is -0.269. The molecule has 1 saturated carbocycles. The van der Waals surface area contributed by atoms with Gasteiger partial charge in [0.05, 0.1) is 5.56 Å². The summed E-state index contributed by atoms with van der Waals surface area (Å²) < 4.78 is 37.8. The van der Waals surface area contributed by atoms with Gasteiger partial charge in [-0.15, -0.1) is 0 Å². The number of anilines is 1. The minimum Gasteiger partial charge on any atom is -0.369 e. The molecule has 1 aliphatic rings. The van der Waals surface area contributed by atoms with Crippen molar-refractivity contribution in [3.05, 3.63) is 23.4 Å². The van der Waals surface area contributed by atoms with E-state index in [1.807, 2.05) is 0 Å². The number of nitrogens with two attached hydrogens (primary N) is 1. The van der Waals surface area contributed by atoms with Gasteiger partial charge in [0, 0.05) is 6.54 Å². The van der Waals surface area contributed by atoms with E-state index in [4.69, 9.17) is 5.73 Å². The number of carbonyl (C=O) groups is 1. The molecule has 0 spiro atoms. The van der Waals surface area contributed by atoms with Crippen LogP contribution in [0.5, 0.6) is 0 Å². The second-order valence-electron chi connectivity index (χ2n) is 4.97. The van der Waals surface area contributed by atoms with Crippen molar-refractivity contribution in [2.75, 3.05) is 11.9 Å². The number of hydrogen-bond donors (Lipinski definition) is 2. The minimum atomic E-state index is -4.54. The molecule has 3 N–H and O–H groups in total. The van der Waals surface area contributed by atoms with Crippen LogP contribution in [0.2, 0.25) is 0 Å². The fourth-order valence-electron chi connectivity index (χ4n) is 2.13. The molecule has 0 bridgehead atoms. The SMILES string of the molecule is NC(=O)c1ccc(C(F)(F)F)nc1NCCC1CCC1. The Labute approximate surface area is 114 Å². The second kappa shape index (κ2) is 5.68. The number of alkyl halides is 3. The van der Waals surface area contributed by atoms with Gasteiger partial charge in [-0.3, -0.25) is 4.79 Å². The molecule has 1 aromatic rings. The van der Waals surface area contributed by atoms with Crippen LogP contribution in [0.15, 0.2) is 12.1 Å². The fraction of sp³-hybridized carbons (Fsp3) is 0.538. The number of carbonyl (C=O) groups excluding carboxylic acids is 1. The monoisotopic (exact) mass is 287 g/mol. The largest absolute Gasteiger partial charge is 0.433 e. The number of nitrogens with one attached hydrogen (secondary N) is 1. The predicted molar refractivity (Wildman–Crippen MR) is 68.2 cm³/mol. The molecule has 1 amide bonds. The van der Waals surface area contributed by atoms with E-state index in [1.165, 1.54) is 6.42 Å². The third-order valence-electron chi connectivity index (χ3n) is 3.52. The number of rotatable bonds is 5. The molecule has 110 valence electrons. The quantitative estimate of drug-likeness (QED) is 0.875. The maximum atomic E-state index is 12.6. The summed E-state index contributed by atoms with van der Waals surface area (Å²) >= 11 is 0. The fourth-order valence-corrected chi connectivity index (χ4v) is 2.13. The van der Waals surface area contributed by atoms with E-state index in [9.17, 15) is 18.0 Å². The first-order valence-electron chi connectivity index (χ1n) is 6.50. The van der Waals surface area contributed by atoms with Gasteiger partial charge < -0.3 is 11.1 Å². The third-order valence-corrected chi connectivity index (χ3v) is 3.52. The Kier molecular flexibility index (Phi) is 4.15. The molecule has 2 rings (SSSR count). The summed E-state index contributed by atoms with van der Waals surface area (Å²) in [4.78, 5) is 14.7. The van der Waals surface area contributed by atoms with Crippen LogP contribution < -0.4 is 11.1 Å². The highest BCUT2D eigenvalue weighted by atomic mass is 19.4. The van der Waals surface area contributed by atoms with Crippen molar-refractivity contribution in [3.63, 3.8) is 0 Å². The van der Waals surface area contributed by atoms with Crippen LogP contribution in [0.25, 0.3) is 0 Å². The number of pyridine rings is 1. The van der Waals surface area contributed by atoms with Crippen LogP contribution in [-0.4, -0.2) is 17.4 Å². The average Bonchev–Trinajstić information content (AvgIpc) is 2.30. The van der Waals surface area contributed by atoms with E-state index in [0.29, 0.717) is 12.5 Å². The van der Waals surface area contributed by atoms with Gasteiger partial charge in [-0.2, -0.15) is 13.2 Å². The Morgan fingerprint density at radius 3 is 2.60 bits per heavy atom. The van der Waals surface area contributed by atoms with Gasteiger partial charge in [-0.05, 0) is 24.5 Å². The smallest absolute Gasteiger partial charge is 0.369 e. The molecule has 0 saturated heterocycles. The van der Waals surface area contributed by atoms with Crippen LogP contribution in [-0.2, 0) is 6.18 Å².